The summed E-state index contributed by atoms with van der Waals surface area (Å²) in [6, 6.07) is 12.9. The Balaban J connectivity index is 2.30. The topological polar surface area (TPSA) is 98.5 Å². The van der Waals surface area contributed by atoms with Crippen LogP contribution in [0.4, 0.5) is 11.4 Å². The number of benzene rings is 2. The second-order valence-corrected chi connectivity index (χ2v) is 5.88. The Morgan fingerprint density at radius 2 is 1.86 bits per heavy atom. The average molecular weight is 380 g/mol. The van der Waals surface area contributed by atoms with Gasteiger partial charge in [0.25, 0.3) is 11.6 Å². The van der Waals surface area contributed by atoms with Crippen molar-refractivity contribution < 1.29 is 19.2 Å². The molecule has 7 heteroatoms. The fourth-order valence-corrected chi connectivity index (χ4v) is 2.40. The van der Waals surface area contributed by atoms with Gasteiger partial charge in [0.2, 0.25) is 6.10 Å². The highest BCUT2D eigenvalue weighted by Crippen LogP contribution is 2.27. The lowest BCUT2D eigenvalue weighted by Crippen LogP contribution is -2.25. The normalized spacial score (nSPS) is 12.1. The van der Waals surface area contributed by atoms with Gasteiger partial charge in [0.15, 0.2) is 0 Å². The zero-order chi connectivity index (χ0) is 20.5. The summed E-state index contributed by atoms with van der Waals surface area (Å²) in [6.07, 6.45) is 4.81. The lowest BCUT2D eigenvalue weighted by Gasteiger charge is -2.17. The van der Waals surface area contributed by atoms with E-state index in [1.54, 1.807) is 62.4 Å². The molecule has 0 spiro atoms. The lowest BCUT2D eigenvalue weighted by molar-refractivity contribution is -0.384. The van der Waals surface area contributed by atoms with E-state index in [1.807, 2.05) is 0 Å². The lowest BCUT2D eigenvalue weighted by atomic mass is 10.1. The van der Waals surface area contributed by atoms with Crippen molar-refractivity contribution in [3.63, 3.8) is 0 Å². The molecule has 2 rings (SSSR count). The second kappa shape index (κ2) is 9.82. The summed E-state index contributed by atoms with van der Waals surface area (Å²) in [5.41, 5.74) is 0.925. The number of nitro groups is 1. The molecule has 0 saturated carbocycles. The molecule has 1 amide bonds. The molecule has 0 aromatic heterocycles. The summed E-state index contributed by atoms with van der Waals surface area (Å²) in [4.78, 5) is 35.5. The van der Waals surface area contributed by atoms with Gasteiger partial charge >= 0.3 is 5.97 Å². The molecule has 0 aliphatic heterocycles. The van der Waals surface area contributed by atoms with Crippen LogP contribution in [0.2, 0.25) is 0 Å². The minimum Gasteiger partial charge on any atom is -0.444 e. The van der Waals surface area contributed by atoms with Crippen LogP contribution in [0.25, 0.3) is 0 Å². The quantitative estimate of drug-likeness (QED) is 0.254. The SMILES string of the molecule is C/C=C/C=C/C(=O)O[C@H](C(=O)Nc1ccc(C)cc1[N+](=O)[O-])c1ccccc1. The number of ether oxygens (including phenoxy) is 1. The van der Waals surface area contributed by atoms with Crippen LogP contribution in [-0.4, -0.2) is 16.8 Å². The van der Waals surface area contributed by atoms with Crippen molar-refractivity contribution >= 4 is 23.3 Å². The van der Waals surface area contributed by atoms with Gasteiger partial charge in [-0.25, -0.2) is 4.79 Å². The van der Waals surface area contributed by atoms with E-state index in [1.165, 1.54) is 24.3 Å². The first-order valence-electron chi connectivity index (χ1n) is 8.53. The third-order valence-corrected chi connectivity index (χ3v) is 3.72. The van der Waals surface area contributed by atoms with Crippen molar-refractivity contribution in [2.75, 3.05) is 5.32 Å². The summed E-state index contributed by atoms with van der Waals surface area (Å²) < 4.78 is 5.30. The number of anilines is 1. The summed E-state index contributed by atoms with van der Waals surface area (Å²) in [5, 5.41) is 13.8. The molecule has 0 unspecified atom stereocenters. The van der Waals surface area contributed by atoms with Crippen LogP contribution in [0.15, 0.2) is 72.8 Å². The minimum absolute atomic E-state index is 0.0297. The number of nitrogens with one attached hydrogen (secondary N) is 1. The number of hydrogen-bond donors (Lipinski definition) is 1. The Kier molecular flexibility index (Phi) is 7.21. The van der Waals surface area contributed by atoms with E-state index >= 15 is 0 Å². The number of allylic oxidation sites excluding steroid dienone is 3. The average Bonchev–Trinajstić information content (AvgIpc) is 2.68. The monoisotopic (exact) mass is 380 g/mol. The minimum atomic E-state index is -1.26. The maximum absolute atomic E-state index is 12.8. The van der Waals surface area contributed by atoms with E-state index in [2.05, 4.69) is 5.32 Å². The molecule has 28 heavy (non-hydrogen) atoms. The van der Waals surface area contributed by atoms with Gasteiger partial charge < -0.3 is 10.1 Å². The fourth-order valence-electron chi connectivity index (χ4n) is 2.40. The third kappa shape index (κ3) is 5.63. The molecular formula is C21H20N2O5. The Hall–Kier alpha value is -3.74. The number of esters is 1. The van der Waals surface area contributed by atoms with Crippen LogP contribution < -0.4 is 5.32 Å². The number of carbonyl (C=O) groups excluding carboxylic acids is 2. The van der Waals surface area contributed by atoms with Gasteiger partial charge in [-0.1, -0.05) is 54.6 Å². The standard InChI is InChI=1S/C21H20N2O5/c1-3-4-6-11-19(24)28-20(16-9-7-5-8-10-16)21(25)22-17-13-12-15(2)14-18(17)23(26)27/h3-14,20H,1-2H3,(H,22,25)/b4-3+,11-6+/t20-/m0/s1. The largest absolute Gasteiger partial charge is 0.444 e. The Morgan fingerprint density at radius 1 is 1.14 bits per heavy atom. The summed E-state index contributed by atoms with van der Waals surface area (Å²) in [6.45, 7) is 3.51. The van der Waals surface area contributed by atoms with Crippen LogP contribution in [0.3, 0.4) is 0 Å². The van der Waals surface area contributed by atoms with Crippen molar-refractivity contribution in [1.29, 1.82) is 0 Å². The van der Waals surface area contributed by atoms with Gasteiger partial charge in [0.05, 0.1) is 4.92 Å². The van der Waals surface area contributed by atoms with E-state index in [9.17, 15) is 19.7 Å². The summed E-state index contributed by atoms with van der Waals surface area (Å²) >= 11 is 0. The van der Waals surface area contributed by atoms with Crippen molar-refractivity contribution in [3.8, 4) is 0 Å². The zero-order valence-electron chi connectivity index (χ0n) is 15.5. The maximum atomic E-state index is 12.8. The molecule has 0 aliphatic carbocycles. The maximum Gasteiger partial charge on any atom is 0.331 e. The number of rotatable bonds is 7. The van der Waals surface area contributed by atoms with Crippen molar-refractivity contribution in [2.45, 2.75) is 20.0 Å². The van der Waals surface area contributed by atoms with E-state index in [0.717, 1.165) is 0 Å². The number of nitro benzene ring substituents is 1. The van der Waals surface area contributed by atoms with Crippen LogP contribution in [0.5, 0.6) is 0 Å². The summed E-state index contributed by atoms with van der Waals surface area (Å²) in [5.74, 6) is -1.40. The smallest absolute Gasteiger partial charge is 0.331 e. The molecule has 7 nitrogen and oxygen atoms in total. The molecule has 0 fully saturated rings. The first-order chi connectivity index (χ1) is 13.4. The molecule has 0 radical (unpaired) electrons. The van der Waals surface area contributed by atoms with Crippen LogP contribution in [0.1, 0.15) is 24.2 Å². The third-order valence-electron chi connectivity index (χ3n) is 3.72. The predicted molar refractivity (Wildman–Crippen MR) is 106 cm³/mol. The van der Waals surface area contributed by atoms with E-state index in [0.29, 0.717) is 11.1 Å². The van der Waals surface area contributed by atoms with E-state index in [4.69, 9.17) is 4.74 Å². The molecular weight excluding hydrogens is 360 g/mol. The van der Waals surface area contributed by atoms with Crippen LogP contribution >= 0.6 is 0 Å². The van der Waals surface area contributed by atoms with Gasteiger partial charge in [-0.05, 0) is 25.5 Å². The van der Waals surface area contributed by atoms with Gasteiger partial charge in [-0.2, -0.15) is 0 Å². The van der Waals surface area contributed by atoms with E-state index in [-0.39, 0.29) is 11.4 Å². The van der Waals surface area contributed by atoms with Crippen LogP contribution in [-0.2, 0) is 14.3 Å². The molecule has 0 bridgehead atoms. The van der Waals surface area contributed by atoms with Crippen LogP contribution in [0, 0.1) is 17.0 Å². The number of amides is 1. The Morgan fingerprint density at radius 3 is 2.50 bits per heavy atom. The molecule has 0 heterocycles. The van der Waals surface area contributed by atoms with Crippen molar-refractivity contribution in [3.05, 3.63) is 94.1 Å². The first-order valence-corrected chi connectivity index (χ1v) is 8.53. The Labute approximate surface area is 162 Å². The highest BCUT2D eigenvalue weighted by atomic mass is 16.6. The first kappa shape index (κ1) is 20.6. The number of nitrogens with zero attached hydrogens (tertiary/aromatic N) is 1. The molecule has 0 saturated heterocycles. The van der Waals surface area contributed by atoms with E-state index < -0.39 is 22.9 Å². The molecule has 1 N–H and O–H groups in total. The molecule has 1 atom stereocenters. The molecule has 2 aromatic carbocycles. The van der Waals surface area contributed by atoms with Gasteiger partial charge in [-0.3, -0.25) is 14.9 Å². The number of aryl methyl sites for hydroxylation is 1. The highest BCUT2D eigenvalue weighted by Gasteiger charge is 2.26. The van der Waals surface area contributed by atoms with Crippen molar-refractivity contribution in [2.24, 2.45) is 0 Å². The Bertz CT molecular complexity index is 920. The molecule has 0 aliphatic rings. The molecule has 2 aromatic rings. The fraction of sp³-hybridized carbons (Fsp3) is 0.143. The second-order valence-electron chi connectivity index (χ2n) is 5.88. The molecule has 144 valence electrons. The predicted octanol–water partition coefficient (Wildman–Crippen LogP) is 4.26. The van der Waals surface area contributed by atoms with Gasteiger partial charge in [-0.15, -0.1) is 0 Å². The number of carbonyl (C=O) groups is 2. The van der Waals surface area contributed by atoms with Crippen molar-refractivity contribution in [1.82, 2.24) is 0 Å². The van der Waals surface area contributed by atoms with Gasteiger partial charge in [0, 0.05) is 17.7 Å². The van der Waals surface area contributed by atoms with Gasteiger partial charge in [0.1, 0.15) is 5.69 Å². The zero-order valence-corrected chi connectivity index (χ0v) is 15.5. The number of hydrogen-bond acceptors (Lipinski definition) is 5. The highest BCUT2D eigenvalue weighted by molar-refractivity contribution is 5.98. The summed E-state index contributed by atoms with van der Waals surface area (Å²) in [7, 11) is 0.